The van der Waals surface area contributed by atoms with E-state index in [0.717, 1.165) is 23.4 Å². The zero-order chi connectivity index (χ0) is 20.2. The molecule has 5 nitrogen and oxygen atoms in total. The molecule has 0 amide bonds. The highest BCUT2D eigenvalue weighted by Crippen LogP contribution is 2.27. The molecule has 0 unspecified atom stereocenters. The molecular weight excluding hydrogens is 360 g/mol. The van der Waals surface area contributed by atoms with Gasteiger partial charge in [0.2, 0.25) is 0 Å². The maximum Gasteiger partial charge on any atom is 0.369 e. The van der Waals surface area contributed by atoms with Gasteiger partial charge in [0.05, 0.1) is 11.4 Å². The van der Waals surface area contributed by atoms with Crippen LogP contribution in [0, 0.1) is 0 Å². The summed E-state index contributed by atoms with van der Waals surface area (Å²) in [6.07, 6.45) is 4.68. The van der Waals surface area contributed by atoms with Crippen LogP contribution in [-0.4, -0.2) is 25.6 Å². The number of aromatic nitrogens is 4. The van der Waals surface area contributed by atoms with Gasteiger partial charge in [0, 0.05) is 30.8 Å². The van der Waals surface area contributed by atoms with Gasteiger partial charge in [0.25, 0.3) is 0 Å². The Kier molecular flexibility index (Phi) is 5.38. The Bertz CT molecular complexity index is 1080. The van der Waals surface area contributed by atoms with Gasteiger partial charge in [-0.2, -0.15) is 19.6 Å². The molecule has 0 aliphatic carbocycles. The summed E-state index contributed by atoms with van der Waals surface area (Å²) in [6.45, 7) is 4.20. The molecule has 0 spiro atoms. The van der Waals surface area contributed by atoms with Crippen molar-refractivity contribution in [1.29, 1.82) is 0 Å². The molecule has 0 aliphatic rings. The maximum atomic E-state index is 13.1. The summed E-state index contributed by atoms with van der Waals surface area (Å²) in [7, 11) is 0. The normalized spacial score (nSPS) is 11.1. The highest BCUT2D eigenvalue weighted by atomic mass is 16.2. The maximum absolute atomic E-state index is 13.1. The Morgan fingerprint density at radius 2 is 1.52 bits per heavy atom. The third kappa shape index (κ3) is 4.04. The Morgan fingerprint density at radius 1 is 0.897 bits per heavy atom. The van der Waals surface area contributed by atoms with Gasteiger partial charge in [-0.25, -0.2) is 4.79 Å². The van der Waals surface area contributed by atoms with E-state index >= 15 is 0 Å². The molecule has 4 aromatic rings. The van der Waals surface area contributed by atoms with Crippen molar-refractivity contribution in [2.45, 2.75) is 32.6 Å². The second-order valence-corrected chi connectivity index (χ2v) is 7.43. The number of nitrogens with zero attached hydrogens (tertiary/aromatic N) is 4. The minimum absolute atomic E-state index is 0.144. The lowest BCUT2D eigenvalue weighted by Gasteiger charge is -2.12. The van der Waals surface area contributed by atoms with Gasteiger partial charge in [-0.05, 0) is 23.1 Å². The topological polar surface area (TPSA) is 52.7 Å². The van der Waals surface area contributed by atoms with Gasteiger partial charge >= 0.3 is 6.03 Å². The number of hydrogen-bond donors (Lipinski definition) is 0. The van der Waals surface area contributed by atoms with Crippen molar-refractivity contribution in [2.75, 3.05) is 0 Å². The fraction of sp³-hybridized carbons (Fsp3) is 0.208. The summed E-state index contributed by atoms with van der Waals surface area (Å²) in [5.74, 6) is 0.144. The van der Waals surface area contributed by atoms with Gasteiger partial charge in [-0.3, -0.25) is 0 Å². The molecule has 0 bridgehead atoms. The van der Waals surface area contributed by atoms with Crippen molar-refractivity contribution in [2.24, 2.45) is 0 Å². The number of rotatable bonds is 5. The first-order valence-corrected chi connectivity index (χ1v) is 9.86. The standard InChI is InChI=1S/C24H24N4O/c1-18(2)23-21(16-19-10-5-3-6-11-19)22(17-20-12-7-4-8-13-20)26-28(23)24(29)27-15-9-14-25-27/h3-15,18H,16-17H2,1-2H3. The van der Waals surface area contributed by atoms with E-state index < -0.39 is 0 Å². The SMILES string of the molecule is CC(C)c1c(Cc2ccccc2)c(Cc2ccccc2)nn1C(=O)n1cccn1. The molecule has 0 atom stereocenters. The molecule has 0 saturated heterocycles. The van der Waals surface area contributed by atoms with Crippen molar-refractivity contribution in [1.82, 2.24) is 19.6 Å². The van der Waals surface area contributed by atoms with E-state index in [2.05, 4.69) is 43.2 Å². The lowest BCUT2D eigenvalue weighted by Crippen LogP contribution is -2.24. The Labute approximate surface area is 170 Å². The first-order valence-electron chi connectivity index (χ1n) is 9.86. The van der Waals surface area contributed by atoms with Crippen LogP contribution in [0.2, 0.25) is 0 Å². The molecule has 0 fully saturated rings. The zero-order valence-electron chi connectivity index (χ0n) is 16.7. The predicted molar refractivity (Wildman–Crippen MR) is 113 cm³/mol. The van der Waals surface area contributed by atoms with Crippen LogP contribution in [0.4, 0.5) is 4.79 Å². The summed E-state index contributed by atoms with van der Waals surface area (Å²) in [4.78, 5) is 13.1. The lowest BCUT2D eigenvalue weighted by molar-refractivity contribution is 0.237. The quantitative estimate of drug-likeness (QED) is 0.492. The van der Waals surface area contributed by atoms with E-state index in [1.54, 1.807) is 18.5 Å². The van der Waals surface area contributed by atoms with Crippen LogP contribution in [0.1, 0.15) is 47.8 Å². The van der Waals surface area contributed by atoms with Crippen molar-refractivity contribution < 1.29 is 4.79 Å². The van der Waals surface area contributed by atoms with Crippen LogP contribution in [0.25, 0.3) is 0 Å². The largest absolute Gasteiger partial charge is 0.369 e. The summed E-state index contributed by atoms with van der Waals surface area (Å²) >= 11 is 0. The number of carbonyl (C=O) groups is 1. The third-order valence-electron chi connectivity index (χ3n) is 4.97. The van der Waals surface area contributed by atoms with Crippen LogP contribution in [0.15, 0.2) is 79.1 Å². The van der Waals surface area contributed by atoms with E-state index in [9.17, 15) is 4.79 Å². The zero-order valence-corrected chi connectivity index (χ0v) is 16.7. The van der Waals surface area contributed by atoms with Crippen molar-refractivity contribution in [3.05, 3.63) is 107 Å². The van der Waals surface area contributed by atoms with Crippen LogP contribution in [-0.2, 0) is 12.8 Å². The van der Waals surface area contributed by atoms with Gasteiger partial charge < -0.3 is 0 Å². The predicted octanol–water partition coefficient (Wildman–Crippen LogP) is 4.90. The molecule has 0 saturated carbocycles. The van der Waals surface area contributed by atoms with Gasteiger partial charge in [-0.15, -0.1) is 0 Å². The summed E-state index contributed by atoms with van der Waals surface area (Å²) in [5, 5.41) is 8.89. The monoisotopic (exact) mass is 384 g/mol. The molecule has 5 heteroatoms. The van der Waals surface area contributed by atoms with E-state index in [-0.39, 0.29) is 11.9 Å². The summed E-state index contributed by atoms with van der Waals surface area (Å²) in [5.41, 5.74) is 5.38. The molecule has 0 N–H and O–H groups in total. The van der Waals surface area contributed by atoms with Crippen molar-refractivity contribution in [3.8, 4) is 0 Å². The van der Waals surface area contributed by atoms with E-state index in [1.807, 2.05) is 36.4 Å². The van der Waals surface area contributed by atoms with Gasteiger partial charge in [-0.1, -0.05) is 74.5 Å². The lowest BCUT2D eigenvalue weighted by atomic mass is 9.95. The average Bonchev–Trinajstić information content (AvgIpc) is 3.38. The van der Waals surface area contributed by atoms with Crippen molar-refractivity contribution >= 4 is 6.03 Å². The Morgan fingerprint density at radius 3 is 2.07 bits per heavy atom. The molecule has 146 valence electrons. The molecule has 4 rings (SSSR count). The van der Waals surface area contributed by atoms with Crippen molar-refractivity contribution in [3.63, 3.8) is 0 Å². The first-order chi connectivity index (χ1) is 14.1. The fourth-order valence-corrected chi connectivity index (χ4v) is 3.65. The average molecular weight is 384 g/mol. The second-order valence-electron chi connectivity index (χ2n) is 7.43. The highest BCUT2D eigenvalue weighted by Gasteiger charge is 2.25. The minimum Gasteiger partial charge on any atom is -0.244 e. The molecular formula is C24H24N4O. The fourth-order valence-electron chi connectivity index (χ4n) is 3.65. The van der Waals surface area contributed by atoms with Crippen LogP contribution >= 0.6 is 0 Å². The number of benzene rings is 2. The summed E-state index contributed by atoms with van der Waals surface area (Å²) in [6, 6.07) is 22.1. The van der Waals surface area contributed by atoms with Gasteiger partial charge in [0.1, 0.15) is 0 Å². The highest BCUT2D eigenvalue weighted by molar-refractivity contribution is 5.78. The van der Waals surface area contributed by atoms with E-state index in [0.29, 0.717) is 6.42 Å². The molecule has 2 heterocycles. The third-order valence-corrected chi connectivity index (χ3v) is 4.97. The van der Waals surface area contributed by atoms with Crippen LogP contribution < -0.4 is 0 Å². The number of carbonyl (C=O) groups excluding carboxylic acids is 1. The molecule has 0 aliphatic heterocycles. The smallest absolute Gasteiger partial charge is 0.244 e. The van der Waals surface area contributed by atoms with Crippen LogP contribution in [0.3, 0.4) is 0 Å². The van der Waals surface area contributed by atoms with Gasteiger partial charge in [0.15, 0.2) is 0 Å². The van der Waals surface area contributed by atoms with Crippen LogP contribution in [0.5, 0.6) is 0 Å². The Balaban J connectivity index is 1.83. The van der Waals surface area contributed by atoms with E-state index in [4.69, 9.17) is 5.10 Å². The number of hydrogen-bond acceptors (Lipinski definition) is 3. The molecule has 2 aromatic heterocycles. The second kappa shape index (κ2) is 8.27. The first kappa shape index (κ1) is 18.9. The minimum atomic E-state index is -0.257. The molecule has 2 aromatic carbocycles. The summed E-state index contributed by atoms with van der Waals surface area (Å²) < 4.78 is 2.87. The van der Waals surface area contributed by atoms with E-state index in [1.165, 1.54) is 20.5 Å². The Hall–Kier alpha value is -3.47. The molecule has 0 radical (unpaired) electrons. The molecule has 29 heavy (non-hydrogen) atoms.